The van der Waals surface area contributed by atoms with E-state index < -0.39 is 23.7 Å². The number of nitrogens with zero attached hydrogens (tertiary/aromatic N) is 1. The number of benzene rings is 1. The molecule has 0 saturated heterocycles. The van der Waals surface area contributed by atoms with Gasteiger partial charge in [0.15, 0.2) is 0 Å². The van der Waals surface area contributed by atoms with Gasteiger partial charge in [-0.3, -0.25) is 0 Å². The Balaban J connectivity index is 2.34. The second kappa shape index (κ2) is 5.51. The maximum absolute atomic E-state index is 11.9. The van der Waals surface area contributed by atoms with E-state index in [-0.39, 0.29) is 23.6 Å². The summed E-state index contributed by atoms with van der Waals surface area (Å²) in [4.78, 5) is 25.9. The van der Waals surface area contributed by atoms with E-state index in [1.165, 1.54) is 17.8 Å². The van der Waals surface area contributed by atoms with Gasteiger partial charge in [-0.2, -0.15) is 0 Å². The maximum atomic E-state index is 11.9. The lowest BCUT2D eigenvalue weighted by Crippen LogP contribution is -2.69. The van der Waals surface area contributed by atoms with E-state index in [0.29, 0.717) is 10.5 Å². The number of carboxylic acids is 2. The van der Waals surface area contributed by atoms with E-state index in [0.717, 1.165) is 0 Å². The molecule has 7 nitrogen and oxygen atoms in total. The van der Waals surface area contributed by atoms with Crippen LogP contribution in [0.1, 0.15) is 5.56 Å². The van der Waals surface area contributed by atoms with Crippen LogP contribution in [-0.2, 0) is 16.0 Å². The number of hydrogen-bond acceptors (Lipinski definition) is 6. The second-order valence-corrected chi connectivity index (χ2v) is 5.33. The monoisotopic (exact) mass is 295 g/mol. The molecule has 1 atom stereocenters. The molecule has 0 fully saturated rings. The summed E-state index contributed by atoms with van der Waals surface area (Å²) < 4.78 is 0. The fourth-order valence-electron chi connectivity index (χ4n) is 1.77. The first-order chi connectivity index (χ1) is 9.38. The average Bonchev–Trinajstić information content (AvgIpc) is 2.38. The smallest absolute Gasteiger partial charge is 0.351 e. The number of fused-ring (bicyclic) bond motifs is 1. The van der Waals surface area contributed by atoms with Gasteiger partial charge in [0, 0.05) is 17.1 Å². The average molecular weight is 295 g/mol. The van der Waals surface area contributed by atoms with E-state index in [1.54, 1.807) is 6.07 Å². The van der Waals surface area contributed by atoms with Crippen LogP contribution in [0.15, 0.2) is 22.0 Å². The van der Waals surface area contributed by atoms with Gasteiger partial charge < -0.3 is 25.8 Å². The zero-order chi connectivity index (χ0) is 14.9. The van der Waals surface area contributed by atoms with Crippen molar-refractivity contribution in [2.75, 3.05) is 5.75 Å². The quantitative estimate of drug-likeness (QED) is 0.653. The van der Waals surface area contributed by atoms with Gasteiger partial charge in [0.25, 0.3) is 0 Å². The number of carbonyl (C=O) groups is 2. The van der Waals surface area contributed by atoms with E-state index in [2.05, 4.69) is 10.7 Å². The first-order valence-electron chi connectivity index (χ1n) is 5.70. The van der Waals surface area contributed by atoms with Crippen molar-refractivity contribution in [1.29, 1.82) is 0 Å². The molecule has 20 heavy (non-hydrogen) atoms. The van der Waals surface area contributed by atoms with Crippen LogP contribution in [0, 0.1) is 0 Å². The van der Waals surface area contributed by atoms with Crippen LogP contribution in [0.5, 0.6) is 5.75 Å². The Hall–Kier alpha value is -2.06. The van der Waals surface area contributed by atoms with E-state index >= 15 is 0 Å². The van der Waals surface area contributed by atoms with Crippen molar-refractivity contribution < 1.29 is 30.6 Å². The normalized spacial score (nSPS) is 15.2. The molecule has 4 N–H and O–H groups in total. The Bertz CT molecular complexity index is 614. The predicted octanol–water partition coefficient (Wildman–Crippen LogP) is -2.07. The molecule has 0 spiro atoms. The molecule has 106 valence electrons. The van der Waals surface area contributed by atoms with Crippen molar-refractivity contribution in [3.63, 3.8) is 0 Å². The lowest BCUT2D eigenvalue weighted by atomic mass is 10.1. The molecular formula is C12H11N2O5S-. The molecule has 0 amide bonds. The highest BCUT2D eigenvalue weighted by Crippen LogP contribution is 2.40. The summed E-state index contributed by atoms with van der Waals surface area (Å²) >= 11 is 1.19. The Labute approximate surface area is 118 Å². The fraction of sp³-hybridized carbons (Fsp3) is 0.250. The molecule has 0 aromatic heterocycles. The SMILES string of the molecule is [NH3+][C@@H](Cc1cc([O-])c2c(c1)SCC(C(=O)O)=N2)C(=O)[O-]. The fourth-order valence-corrected chi connectivity index (χ4v) is 2.76. The van der Waals surface area contributed by atoms with Crippen LogP contribution < -0.4 is 15.9 Å². The zero-order valence-corrected chi connectivity index (χ0v) is 11.1. The highest BCUT2D eigenvalue weighted by molar-refractivity contribution is 8.00. The van der Waals surface area contributed by atoms with E-state index in [9.17, 15) is 19.8 Å². The van der Waals surface area contributed by atoms with Gasteiger partial charge in [-0.25, -0.2) is 9.79 Å². The number of rotatable bonds is 4. The molecule has 0 aliphatic carbocycles. The van der Waals surface area contributed by atoms with Crippen LogP contribution in [-0.4, -0.2) is 34.6 Å². The molecular weight excluding hydrogens is 284 g/mol. The third kappa shape index (κ3) is 2.91. The second-order valence-electron chi connectivity index (χ2n) is 4.31. The van der Waals surface area contributed by atoms with Gasteiger partial charge >= 0.3 is 5.97 Å². The van der Waals surface area contributed by atoms with Gasteiger partial charge in [-0.1, -0.05) is 11.8 Å². The van der Waals surface area contributed by atoms with Crippen molar-refractivity contribution >= 4 is 35.1 Å². The molecule has 1 heterocycles. The highest BCUT2D eigenvalue weighted by atomic mass is 32.2. The Morgan fingerprint density at radius 1 is 1.50 bits per heavy atom. The number of aliphatic imine (C=N–C) groups is 1. The number of carbonyl (C=O) groups excluding carboxylic acids is 1. The van der Waals surface area contributed by atoms with Crippen LogP contribution in [0.25, 0.3) is 0 Å². The first-order valence-corrected chi connectivity index (χ1v) is 6.68. The van der Waals surface area contributed by atoms with Crippen molar-refractivity contribution in [3.8, 4) is 5.75 Å². The molecule has 1 aromatic carbocycles. The zero-order valence-electron chi connectivity index (χ0n) is 10.3. The number of aliphatic carboxylic acids is 2. The summed E-state index contributed by atoms with van der Waals surface area (Å²) in [6, 6.07) is 1.96. The van der Waals surface area contributed by atoms with Crippen molar-refractivity contribution in [3.05, 3.63) is 17.7 Å². The summed E-state index contributed by atoms with van der Waals surface area (Å²) in [5, 5.41) is 31.4. The minimum absolute atomic E-state index is 0.0721. The topological polar surface area (TPSA) is 140 Å². The Morgan fingerprint density at radius 2 is 2.20 bits per heavy atom. The lowest BCUT2D eigenvalue weighted by Gasteiger charge is -2.21. The van der Waals surface area contributed by atoms with Gasteiger partial charge in [-0.15, -0.1) is 11.8 Å². The van der Waals surface area contributed by atoms with Crippen molar-refractivity contribution in [2.24, 2.45) is 4.99 Å². The van der Waals surface area contributed by atoms with Gasteiger partial charge in [-0.05, 0) is 11.6 Å². The molecule has 0 bridgehead atoms. The van der Waals surface area contributed by atoms with Gasteiger partial charge in [0.1, 0.15) is 11.8 Å². The third-order valence-electron chi connectivity index (χ3n) is 2.77. The molecule has 1 aliphatic heterocycles. The van der Waals surface area contributed by atoms with Crippen LogP contribution in [0.3, 0.4) is 0 Å². The number of quaternary nitrogens is 1. The van der Waals surface area contributed by atoms with Gasteiger partial charge in [0.2, 0.25) is 0 Å². The molecule has 1 aromatic rings. The van der Waals surface area contributed by atoms with Gasteiger partial charge in [0.05, 0.1) is 11.7 Å². The summed E-state index contributed by atoms with van der Waals surface area (Å²) in [5.74, 6) is -2.69. The standard InChI is InChI=1S/C12H12N2O5S/c13-6(11(16)17)1-5-2-8(15)10-9(3-5)20-4-7(14-10)12(18)19/h2-3,6,15H,1,4,13H2,(H,16,17)(H,18,19)/p-1/t6-/m0/s1. The minimum atomic E-state index is -1.28. The van der Waals surface area contributed by atoms with Crippen LogP contribution in [0.4, 0.5) is 5.69 Å². The summed E-state index contributed by atoms with van der Waals surface area (Å²) in [6.45, 7) is 0. The predicted molar refractivity (Wildman–Crippen MR) is 66.7 cm³/mol. The number of thioether (sulfide) groups is 1. The van der Waals surface area contributed by atoms with E-state index in [1.807, 2.05) is 0 Å². The Morgan fingerprint density at radius 3 is 2.80 bits per heavy atom. The number of carboxylic acid groups (broad SMARTS) is 2. The van der Waals surface area contributed by atoms with Crippen molar-refractivity contribution in [2.45, 2.75) is 17.4 Å². The van der Waals surface area contributed by atoms with Crippen LogP contribution in [0.2, 0.25) is 0 Å². The molecule has 2 rings (SSSR count). The maximum Gasteiger partial charge on any atom is 0.351 e. The minimum Gasteiger partial charge on any atom is -0.871 e. The first kappa shape index (κ1) is 14.4. The highest BCUT2D eigenvalue weighted by Gasteiger charge is 2.19. The van der Waals surface area contributed by atoms with Crippen LogP contribution >= 0.6 is 11.8 Å². The lowest BCUT2D eigenvalue weighted by molar-refractivity contribution is -0.437. The number of hydrogen-bond donors (Lipinski definition) is 2. The summed E-state index contributed by atoms with van der Waals surface area (Å²) in [5.41, 5.74) is 3.98. The third-order valence-corrected chi connectivity index (χ3v) is 3.81. The molecule has 0 saturated carbocycles. The Kier molecular flexibility index (Phi) is 3.96. The van der Waals surface area contributed by atoms with Crippen molar-refractivity contribution in [1.82, 2.24) is 0 Å². The van der Waals surface area contributed by atoms with E-state index in [4.69, 9.17) is 5.11 Å². The molecule has 0 radical (unpaired) electrons. The largest absolute Gasteiger partial charge is 0.871 e. The molecule has 1 aliphatic rings. The summed E-state index contributed by atoms with van der Waals surface area (Å²) in [7, 11) is 0. The molecule has 0 unspecified atom stereocenters. The molecule has 8 heteroatoms. The summed E-state index contributed by atoms with van der Waals surface area (Å²) in [6.07, 6.45) is 0.0842.